The van der Waals surface area contributed by atoms with Crippen molar-refractivity contribution in [3.05, 3.63) is 23.2 Å². The lowest BCUT2D eigenvalue weighted by Crippen LogP contribution is -2.40. The number of fused-ring (bicyclic) bond motifs is 1. The number of hydrogen-bond donors (Lipinski definition) is 0. The fourth-order valence-corrected chi connectivity index (χ4v) is 7.40. The van der Waals surface area contributed by atoms with E-state index in [0.29, 0.717) is 6.42 Å². The first-order chi connectivity index (χ1) is 10.7. The van der Waals surface area contributed by atoms with Crippen molar-refractivity contribution < 1.29 is 16.8 Å². The Morgan fingerprint density at radius 3 is 2.74 bits per heavy atom. The summed E-state index contributed by atoms with van der Waals surface area (Å²) in [6.07, 6.45) is 0.358. The van der Waals surface area contributed by atoms with E-state index in [9.17, 15) is 16.8 Å². The van der Waals surface area contributed by atoms with E-state index in [1.165, 1.54) is 15.6 Å². The van der Waals surface area contributed by atoms with E-state index in [4.69, 9.17) is 0 Å². The summed E-state index contributed by atoms with van der Waals surface area (Å²) in [4.78, 5) is 4.52. The number of sulfonamides is 1. The molecule has 0 spiro atoms. The molecule has 1 atom stereocenters. The molecule has 0 radical (unpaired) electrons. The average molecular weight is 375 g/mol. The molecule has 0 aliphatic carbocycles. The minimum absolute atomic E-state index is 0.0523. The lowest BCUT2D eigenvalue weighted by Gasteiger charge is -2.25. The molecule has 1 aromatic carbocycles. The summed E-state index contributed by atoms with van der Waals surface area (Å²) < 4.78 is 51.3. The van der Waals surface area contributed by atoms with Gasteiger partial charge in [0.2, 0.25) is 10.0 Å². The number of hydrogen-bond acceptors (Lipinski definition) is 6. The van der Waals surface area contributed by atoms with Gasteiger partial charge in [-0.3, -0.25) is 0 Å². The van der Waals surface area contributed by atoms with Gasteiger partial charge in [-0.05, 0) is 31.5 Å². The molecule has 0 unspecified atom stereocenters. The van der Waals surface area contributed by atoms with Crippen molar-refractivity contribution in [3.63, 3.8) is 0 Å². The molecule has 0 amide bonds. The van der Waals surface area contributed by atoms with Gasteiger partial charge in [0.25, 0.3) is 0 Å². The van der Waals surface area contributed by atoms with Gasteiger partial charge in [0, 0.05) is 12.6 Å². The van der Waals surface area contributed by atoms with Gasteiger partial charge in [-0.2, -0.15) is 4.31 Å². The molecular weight excluding hydrogens is 356 g/mol. The van der Waals surface area contributed by atoms with Crippen LogP contribution in [0, 0.1) is 6.92 Å². The highest BCUT2D eigenvalue weighted by atomic mass is 32.2. The summed E-state index contributed by atoms with van der Waals surface area (Å²) >= 11 is 1.44. The Balaban J connectivity index is 2.00. The van der Waals surface area contributed by atoms with Crippen molar-refractivity contribution in [2.24, 2.45) is 0 Å². The van der Waals surface area contributed by atoms with Crippen LogP contribution in [0.5, 0.6) is 0 Å². The fraction of sp³-hybridized carbons (Fsp3) is 0.500. The number of sulfone groups is 1. The number of benzene rings is 1. The van der Waals surface area contributed by atoms with Crippen LogP contribution in [0.3, 0.4) is 0 Å². The van der Waals surface area contributed by atoms with Crippen LogP contribution in [-0.2, 0) is 19.9 Å². The third-order valence-corrected chi connectivity index (χ3v) is 8.71. The van der Waals surface area contributed by atoms with Crippen molar-refractivity contribution in [1.82, 2.24) is 9.29 Å². The third-order valence-electron chi connectivity index (χ3n) is 4.00. The third kappa shape index (κ3) is 3.15. The molecule has 1 aliphatic rings. The quantitative estimate of drug-likeness (QED) is 0.815. The van der Waals surface area contributed by atoms with E-state index in [2.05, 4.69) is 4.98 Å². The van der Waals surface area contributed by atoms with Crippen LogP contribution >= 0.6 is 11.3 Å². The average Bonchev–Trinajstić information content (AvgIpc) is 2.99. The standard InChI is InChI=1S/C14H18N2O4S3/c1-3-16(11-6-7-22(17,18)9-11)23(19,20)12-4-5-13-14(8-12)21-10(2)15-13/h4-5,8,11H,3,6-7,9H2,1-2H3/t11-/m1/s1. The molecule has 2 heterocycles. The Kier molecular flexibility index (Phi) is 4.24. The number of rotatable bonds is 4. The fourth-order valence-electron chi connectivity index (χ4n) is 2.94. The summed E-state index contributed by atoms with van der Waals surface area (Å²) in [6.45, 7) is 3.86. The zero-order valence-corrected chi connectivity index (χ0v) is 15.3. The smallest absolute Gasteiger partial charge is 0.242 e. The molecule has 0 N–H and O–H groups in total. The van der Waals surface area contributed by atoms with Crippen molar-refractivity contribution in [2.75, 3.05) is 18.1 Å². The number of aryl methyl sites for hydroxylation is 1. The molecule has 1 saturated heterocycles. The van der Waals surface area contributed by atoms with Crippen LogP contribution in [0.1, 0.15) is 18.4 Å². The van der Waals surface area contributed by atoms with Crippen molar-refractivity contribution in [1.29, 1.82) is 0 Å². The molecule has 0 saturated carbocycles. The summed E-state index contributed by atoms with van der Waals surface area (Å²) in [7, 11) is -6.86. The minimum atomic E-state index is -3.72. The van der Waals surface area contributed by atoms with E-state index in [1.807, 2.05) is 6.92 Å². The van der Waals surface area contributed by atoms with Crippen molar-refractivity contribution in [2.45, 2.75) is 31.2 Å². The highest BCUT2D eigenvalue weighted by molar-refractivity contribution is 7.92. The zero-order chi connectivity index (χ0) is 16.8. The molecular formula is C14H18N2O4S3. The molecule has 3 rings (SSSR count). The summed E-state index contributed by atoms with van der Waals surface area (Å²) in [5.41, 5.74) is 0.776. The second-order valence-corrected chi connectivity index (χ2v) is 11.0. The van der Waals surface area contributed by atoms with Gasteiger partial charge in [0.05, 0.1) is 31.6 Å². The maximum atomic E-state index is 12.9. The first-order valence-corrected chi connectivity index (χ1v) is 11.4. The molecule has 6 nitrogen and oxygen atoms in total. The number of nitrogens with zero attached hydrogens (tertiary/aromatic N) is 2. The summed E-state index contributed by atoms with van der Waals surface area (Å²) in [5.74, 6) is -0.0429. The lowest BCUT2D eigenvalue weighted by molar-refractivity contribution is 0.354. The van der Waals surface area contributed by atoms with E-state index >= 15 is 0 Å². The van der Waals surface area contributed by atoms with Gasteiger partial charge in [-0.15, -0.1) is 11.3 Å². The molecule has 126 valence electrons. The highest BCUT2D eigenvalue weighted by Crippen LogP contribution is 2.29. The maximum Gasteiger partial charge on any atom is 0.243 e. The zero-order valence-electron chi connectivity index (χ0n) is 12.9. The van der Waals surface area contributed by atoms with E-state index in [1.54, 1.807) is 25.1 Å². The van der Waals surface area contributed by atoms with Gasteiger partial charge < -0.3 is 0 Å². The molecule has 1 aromatic heterocycles. The Morgan fingerprint density at radius 2 is 2.13 bits per heavy atom. The van der Waals surface area contributed by atoms with Crippen LogP contribution in [-0.4, -0.2) is 50.2 Å². The Bertz CT molecular complexity index is 948. The van der Waals surface area contributed by atoms with Crippen LogP contribution in [0.4, 0.5) is 0 Å². The molecule has 23 heavy (non-hydrogen) atoms. The first-order valence-electron chi connectivity index (χ1n) is 7.32. The van der Waals surface area contributed by atoms with Crippen LogP contribution < -0.4 is 0 Å². The molecule has 2 aromatic rings. The monoisotopic (exact) mass is 374 g/mol. The van der Waals surface area contributed by atoms with Gasteiger partial charge >= 0.3 is 0 Å². The lowest BCUT2D eigenvalue weighted by atomic mass is 10.3. The molecule has 1 aliphatic heterocycles. The first kappa shape index (κ1) is 16.8. The largest absolute Gasteiger partial charge is 0.243 e. The predicted octanol–water partition coefficient (Wildman–Crippen LogP) is 1.80. The van der Waals surface area contributed by atoms with E-state index in [-0.39, 0.29) is 22.9 Å². The summed E-state index contributed by atoms with van der Waals surface area (Å²) in [6, 6.07) is 4.39. The second kappa shape index (κ2) is 5.80. The van der Waals surface area contributed by atoms with Crippen LogP contribution in [0.25, 0.3) is 10.2 Å². The van der Waals surface area contributed by atoms with Crippen LogP contribution in [0.15, 0.2) is 23.1 Å². The molecule has 0 bridgehead atoms. The topological polar surface area (TPSA) is 84.4 Å². The Labute approximate surface area is 140 Å². The molecule has 1 fully saturated rings. The maximum absolute atomic E-state index is 12.9. The van der Waals surface area contributed by atoms with Gasteiger partial charge in [0.15, 0.2) is 9.84 Å². The van der Waals surface area contributed by atoms with Gasteiger partial charge in [0.1, 0.15) is 0 Å². The highest BCUT2D eigenvalue weighted by Gasteiger charge is 2.38. The molecule has 9 heteroatoms. The number of aromatic nitrogens is 1. The van der Waals surface area contributed by atoms with E-state index in [0.717, 1.165) is 15.2 Å². The van der Waals surface area contributed by atoms with Gasteiger partial charge in [-0.25, -0.2) is 21.8 Å². The number of thiazole rings is 1. The minimum Gasteiger partial charge on any atom is -0.242 e. The van der Waals surface area contributed by atoms with Gasteiger partial charge in [-0.1, -0.05) is 6.92 Å². The normalized spacial score (nSPS) is 21.3. The summed E-state index contributed by atoms with van der Waals surface area (Å²) in [5, 5.41) is 0.879. The predicted molar refractivity (Wildman–Crippen MR) is 91.0 cm³/mol. The second-order valence-electron chi connectivity index (χ2n) is 5.63. The van der Waals surface area contributed by atoms with E-state index < -0.39 is 25.9 Å². The Morgan fingerprint density at radius 1 is 1.39 bits per heavy atom. The van der Waals surface area contributed by atoms with Crippen molar-refractivity contribution in [3.8, 4) is 0 Å². The SMILES string of the molecule is CCN([C@@H]1CCS(=O)(=O)C1)S(=O)(=O)c1ccc2nc(C)sc2c1. The Hall–Kier alpha value is -1.03. The van der Waals surface area contributed by atoms with Crippen molar-refractivity contribution >= 4 is 41.4 Å². The van der Waals surface area contributed by atoms with Crippen LogP contribution in [0.2, 0.25) is 0 Å².